The van der Waals surface area contributed by atoms with Crippen molar-refractivity contribution in [2.45, 2.75) is 46.5 Å². The second-order valence-electron chi connectivity index (χ2n) is 4.90. The number of rotatable bonds is 4. The minimum absolute atomic E-state index is 0.242. The second kappa shape index (κ2) is 6.44. The van der Waals surface area contributed by atoms with E-state index in [-0.39, 0.29) is 5.92 Å². The highest BCUT2D eigenvalue weighted by molar-refractivity contribution is 5.47. The highest BCUT2D eigenvalue weighted by Crippen LogP contribution is 2.33. The summed E-state index contributed by atoms with van der Waals surface area (Å²) in [5.41, 5.74) is 3.23. The molecule has 0 bridgehead atoms. The predicted octanol–water partition coefficient (Wildman–Crippen LogP) is 5.06. The number of phenols is 1. The van der Waals surface area contributed by atoms with Crippen LogP contribution in [0.4, 0.5) is 0 Å². The van der Waals surface area contributed by atoms with E-state index in [0.717, 1.165) is 11.1 Å². The number of allylic oxidation sites excluding steroid dienone is 4. The SMILES string of the molecule is C/C=C/C(C)c1cc(C)c(O)c(C(C)/C=C/C)c1. The van der Waals surface area contributed by atoms with Gasteiger partial charge >= 0.3 is 0 Å². The van der Waals surface area contributed by atoms with Crippen molar-refractivity contribution < 1.29 is 5.11 Å². The average molecular weight is 244 g/mol. The molecule has 0 aliphatic heterocycles. The summed E-state index contributed by atoms with van der Waals surface area (Å²) in [6.45, 7) is 10.3. The molecule has 0 saturated heterocycles. The van der Waals surface area contributed by atoms with E-state index in [1.165, 1.54) is 5.56 Å². The van der Waals surface area contributed by atoms with Crippen molar-refractivity contribution in [3.05, 3.63) is 53.1 Å². The quantitative estimate of drug-likeness (QED) is 0.734. The van der Waals surface area contributed by atoms with Gasteiger partial charge in [-0.2, -0.15) is 0 Å². The molecule has 0 amide bonds. The summed E-state index contributed by atoms with van der Waals surface area (Å²) >= 11 is 0. The number of hydrogen-bond acceptors (Lipinski definition) is 1. The van der Waals surface area contributed by atoms with E-state index >= 15 is 0 Å². The van der Waals surface area contributed by atoms with Crippen molar-refractivity contribution in [1.82, 2.24) is 0 Å². The molecule has 2 atom stereocenters. The predicted molar refractivity (Wildman–Crippen MR) is 79.3 cm³/mol. The zero-order valence-corrected chi connectivity index (χ0v) is 12.1. The van der Waals surface area contributed by atoms with Crippen LogP contribution in [0.2, 0.25) is 0 Å². The Morgan fingerprint density at radius 1 is 1.00 bits per heavy atom. The normalized spacial score (nSPS) is 15.4. The summed E-state index contributed by atoms with van der Waals surface area (Å²) < 4.78 is 0. The van der Waals surface area contributed by atoms with Gasteiger partial charge in [0.15, 0.2) is 0 Å². The topological polar surface area (TPSA) is 20.2 Å². The van der Waals surface area contributed by atoms with Gasteiger partial charge in [0.2, 0.25) is 0 Å². The molecule has 1 rings (SSSR count). The van der Waals surface area contributed by atoms with E-state index in [9.17, 15) is 5.11 Å². The molecular weight excluding hydrogens is 220 g/mol. The number of aromatic hydroxyl groups is 1. The minimum Gasteiger partial charge on any atom is -0.507 e. The van der Waals surface area contributed by atoms with Crippen LogP contribution in [0.25, 0.3) is 0 Å². The first-order valence-electron chi connectivity index (χ1n) is 6.60. The van der Waals surface area contributed by atoms with E-state index in [1.54, 1.807) is 0 Å². The van der Waals surface area contributed by atoms with E-state index in [0.29, 0.717) is 11.7 Å². The van der Waals surface area contributed by atoms with Gasteiger partial charge in [0.1, 0.15) is 5.75 Å². The Morgan fingerprint density at radius 2 is 1.56 bits per heavy atom. The highest BCUT2D eigenvalue weighted by Gasteiger charge is 2.13. The fraction of sp³-hybridized carbons (Fsp3) is 0.412. The third-order valence-electron chi connectivity index (χ3n) is 3.33. The van der Waals surface area contributed by atoms with Crippen LogP contribution in [0.15, 0.2) is 36.4 Å². The van der Waals surface area contributed by atoms with Gasteiger partial charge < -0.3 is 5.11 Å². The summed E-state index contributed by atoms with van der Waals surface area (Å²) in [6, 6.07) is 4.20. The Kier molecular flexibility index (Phi) is 5.21. The first-order valence-corrected chi connectivity index (χ1v) is 6.60. The Morgan fingerprint density at radius 3 is 2.11 bits per heavy atom. The first kappa shape index (κ1) is 14.6. The van der Waals surface area contributed by atoms with Crippen molar-refractivity contribution in [2.75, 3.05) is 0 Å². The lowest BCUT2D eigenvalue weighted by Gasteiger charge is -2.16. The van der Waals surface area contributed by atoms with Crippen molar-refractivity contribution in [1.29, 1.82) is 0 Å². The molecule has 0 radical (unpaired) electrons. The molecule has 0 aliphatic carbocycles. The standard InChI is InChI=1S/C17H24O/c1-6-8-12(3)15-10-14(5)17(18)16(11-15)13(4)9-7-2/h6-13,18H,1-5H3/b8-6+,9-7+. The van der Waals surface area contributed by atoms with Crippen LogP contribution in [0.3, 0.4) is 0 Å². The van der Waals surface area contributed by atoms with E-state index in [1.807, 2.05) is 26.8 Å². The molecule has 1 aromatic carbocycles. The number of phenolic OH excluding ortho intramolecular Hbond substituents is 1. The van der Waals surface area contributed by atoms with E-state index in [4.69, 9.17) is 0 Å². The molecule has 0 heterocycles. The van der Waals surface area contributed by atoms with Gasteiger partial charge in [-0.25, -0.2) is 0 Å². The van der Waals surface area contributed by atoms with Crippen LogP contribution in [0, 0.1) is 6.92 Å². The maximum Gasteiger partial charge on any atom is 0.122 e. The average Bonchev–Trinajstić information content (AvgIpc) is 2.32. The first-order chi connectivity index (χ1) is 8.51. The minimum atomic E-state index is 0.242. The van der Waals surface area contributed by atoms with Crippen molar-refractivity contribution >= 4 is 0 Å². The van der Waals surface area contributed by atoms with Crippen LogP contribution in [-0.2, 0) is 0 Å². The maximum atomic E-state index is 10.2. The molecular formula is C17H24O. The highest BCUT2D eigenvalue weighted by atomic mass is 16.3. The monoisotopic (exact) mass is 244 g/mol. The molecule has 0 aliphatic rings. The van der Waals surface area contributed by atoms with Crippen molar-refractivity contribution in [3.63, 3.8) is 0 Å². The summed E-state index contributed by atoms with van der Waals surface area (Å²) in [5, 5.41) is 10.2. The van der Waals surface area contributed by atoms with Crippen LogP contribution in [0.1, 0.15) is 56.2 Å². The van der Waals surface area contributed by atoms with Gasteiger partial charge in [-0.15, -0.1) is 0 Å². The van der Waals surface area contributed by atoms with Gasteiger partial charge in [0, 0.05) is 11.5 Å². The van der Waals surface area contributed by atoms with E-state index < -0.39 is 0 Å². The molecule has 0 aromatic heterocycles. The Bertz CT molecular complexity index is 455. The van der Waals surface area contributed by atoms with Crippen LogP contribution in [0.5, 0.6) is 5.75 Å². The zero-order chi connectivity index (χ0) is 13.7. The number of hydrogen-bond donors (Lipinski definition) is 1. The van der Waals surface area contributed by atoms with Crippen LogP contribution < -0.4 is 0 Å². The molecule has 1 heteroatoms. The van der Waals surface area contributed by atoms with Gasteiger partial charge in [0.25, 0.3) is 0 Å². The second-order valence-corrected chi connectivity index (χ2v) is 4.90. The van der Waals surface area contributed by atoms with Gasteiger partial charge in [-0.05, 0) is 37.8 Å². The van der Waals surface area contributed by atoms with Crippen LogP contribution in [-0.4, -0.2) is 5.11 Å². The lowest BCUT2D eigenvalue weighted by atomic mass is 9.90. The maximum absolute atomic E-state index is 10.2. The summed E-state index contributed by atoms with van der Waals surface area (Å²) in [5.74, 6) is 1.05. The Hall–Kier alpha value is -1.50. The van der Waals surface area contributed by atoms with E-state index in [2.05, 4.69) is 44.2 Å². The molecule has 1 N–H and O–H groups in total. The van der Waals surface area contributed by atoms with Gasteiger partial charge in [-0.3, -0.25) is 0 Å². The molecule has 1 nitrogen and oxygen atoms in total. The Labute approximate surface area is 111 Å². The zero-order valence-electron chi connectivity index (χ0n) is 12.1. The fourth-order valence-corrected chi connectivity index (χ4v) is 2.24. The Balaban J connectivity index is 3.26. The molecule has 2 unspecified atom stereocenters. The van der Waals surface area contributed by atoms with Crippen molar-refractivity contribution in [3.8, 4) is 5.75 Å². The number of benzene rings is 1. The molecule has 0 spiro atoms. The molecule has 98 valence electrons. The summed E-state index contributed by atoms with van der Waals surface area (Å²) in [4.78, 5) is 0. The lowest BCUT2D eigenvalue weighted by molar-refractivity contribution is 0.462. The van der Waals surface area contributed by atoms with Crippen molar-refractivity contribution in [2.24, 2.45) is 0 Å². The summed E-state index contributed by atoms with van der Waals surface area (Å²) in [6.07, 6.45) is 8.39. The summed E-state index contributed by atoms with van der Waals surface area (Å²) in [7, 11) is 0. The van der Waals surface area contributed by atoms with Gasteiger partial charge in [0.05, 0.1) is 0 Å². The fourth-order valence-electron chi connectivity index (χ4n) is 2.24. The van der Waals surface area contributed by atoms with Gasteiger partial charge in [-0.1, -0.05) is 50.3 Å². The molecule has 18 heavy (non-hydrogen) atoms. The third kappa shape index (κ3) is 3.25. The van der Waals surface area contributed by atoms with Crippen LogP contribution >= 0.6 is 0 Å². The smallest absolute Gasteiger partial charge is 0.122 e. The molecule has 1 aromatic rings. The third-order valence-corrected chi connectivity index (χ3v) is 3.33. The molecule has 0 fully saturated rings. The lowest BCUT2D eigenvalue weighted by Crippen LogP contribution is -1.97. The number of aryl methyl sites for hydroxylation is 1. The molecule has 0 saturated carbocycles. The largest absolute Gasteiger partial charge is 0.507 e.